The summed E-state index contributed by atoms with van der Waals surface area (Å²) in [6.45, 7) is 2.85. The average molecular weight is 166 g/mol. The average Bonchev–Trinajstić information content (AvgIpc) is 2.03. The number of benzene rings is 1. The van der Waals surface area contributed by atoms with Crippen molar-refractivity contribution in [1.29, 1.82) is 0 Å². The molecular weight excluding hydrogens is 155 g/mol. The molecule has 0 amide bonds. The van der Waals surface area contributed by atoms with Gasteiger partial charge in [0.05, 0.1) is 6.61 Å². The first-order chi connectivity index (χ1) is 5.75. The lowest BCUT2D eigenvalue weighted by Gasteiger charge is -2.22. The fourth-order valence-electron chi connectivity index (χ4n) is 1.51. The molecule has 0 N–H and O–H groups in total. The molecule has 1 heterocycles. The van der Waals surface area contributed by atoms with E-state index in [0.29, 0.717) is 5.92 Å². The van der Waals surface area contributed by atoms with Gasteiger partial charge in [-0.1, -0.05) is 6.92 Å². The van der Waals surface area contributed by atoms with E-state index in [2.05, 4.69) is 6.92 Å². The minimum absolute atomic E-state index is 0.175. The molecule has 0 fully saturated rings. The van der Waals surface area contributed by atoms with Gasteiger partial charge in [0, 0.05) is 0 Å². The first-order valence-corrected chi connectivity index (χ1v) is 4.17. The highest BCUT2D eigenvalue weighted by atomic mass is 19.1. The zero-order chi connectivity index (χ0) is 8.55. The molecule has 0 aromatic heterocycles. The highest BCUT2D eigenvalue weighted by molar-refractivity contribution is 5.35. The van der Waals surface area contributed by atoms with Gasteiger partial charge in [-0.3, -0.25) is 0 Å². The lowest BCUT2D eigenvalue weighted by atomic mass is 9.98. The standard InChI is InChI=1S/C10H11FO/c1-7-4-8-5-9(11)2-3-10(8)12-6-7/h2-3,5,7H,4,6H2,1H3. The van der Waals surface area contributed by atoms with Crippen molar-refractivity contribution in [3.63, 3.8) is 0 Å². The molecule has 0 saturated carbocycles. The van der Waals surface area contributed by atoms with Crippen molar-refractivity contribution in [1.82, 2.24) is 0 Å². The van der Waals surface area contributed by atoms with Crippen LogP contribution in [-0.4, -0.2) is 6.61 Å². The Hall–Kier alpha value is -1.05. The summed E-state index contributed by atoms with van der Waals surface area (Å²) in [6, 6.07) is 4.70. The lowest BCUT2D eigenvalue weighted by molar-refractivity contribution is 0.233. The molecule has 0 saturated heterocycles. The van der Waals surface area contributed by atoms with Crippen LogP contribution in [0.25, 0.3) is 0 Å². The molecule has 1 aliphatic heterocycles. The fraction of sp³-hybridized carbons (Fsp3) is 0.400. The SMILES string of the molecule is CC1COc2ccc(F)cc2C1. The van der Waals surface area contributed by atoms with Gasteiger partial charge in [0.1, 0.15) is 11.6 Å². The molecule has 0 radical (unpaired) electrons. The Balaban J connectivity index is 2.37. The monoisotopic (exact) mass is 166 g/mol. The second-order valence-electron chi connectivity index (χ2n) is 3.37. The van der Waals surface area contributed by atoms with Gasteiger partial charge in [-0.05, 0) is 36.1 Å². The smallest absolute Gasteiger partial charge is 0.123 e. The Morgan fingerprint density at radius 2 is 2.33 bits per heavy atom. The summed E-state index contributed by atoms with van der Waals surface area (Å²) in [5, 5.41) is 0. The predicted molar refractivity (Wildman–Crippen MR) is 44.8 cm³/mol. The maximum Gasteiger partial charge on any atom is 0.123 e. The van der Waals surface area contributed by atoms with Gasteiger partial charge in [0.25, 0.3) is 0 Å². The van der Waals surface area contributed by atoms with E-state index in [0.717, 1.165) is 24.3 Å². The number of hydrogen-bond donors (Lipinski definition) is 0. The van der Waals surface area contributed by atoms with Crippen LogP contribution in [0.4, 0.5) is 4.39 Å². The van der Waals surface area contributed by atoms with Gasteiger partial charge in [0.15, 0.2) is 0 Å². The van der Waals surface area contributed by atoms with Crippen molar-refractivity contribution in [3.8, 4) is 5.75 Å². The molecular formula is C10H11FO. The van der Waals surface area contributed by atoms with E-state index in [1.807, 2.05) is 0 Å². The van der Waals surface area contributed by atoms with Gasteiger partial charge >= 0.3 is 0 Å². The Morgan fingerprint density at radius 3 is 3.17 bits per heavy atom. The number of hydrogen-bond acceptors (Lipinski definition) is 1. The van der Waals surface area contributed by atoms with Crippen molar-refractivity contribution < 1.29 is 9.13 Å². The summed E-state index contributed by atoms with van der Waals surface area (Å²) in [7, 11) is 0. The molecule has 0 aliphatic carbocycles. The normalized spacial score (nSPS) is 21.3. The highest BCUT2D eigenvalue weighted by Crippen LogP contribution is 2.27. The number of ether oxygens (including phenoxy) is 1. The molecule has 2 heteroatoms. The van der Waals surface area contributed by atoms with E-state index in [9.17, 15) is 4.39 Å². The Bertz CT molecular complexity index is 296. The van der Waals surface area contributed by atoms with Crippen LogP contribution in [0.15, 0.2) is 18.2 Å². The summed E-state index contributed by atoms with van der Waals surface area (Å²) in [6.07, 6.45) is 0.924. The molecule has 1 nitrogen and oxygen atoms in total. The Morgan fingerprint density at radius 1 is 1.50 bits per heavy atom. The maximum absolute atomic E-state index is 12.8. The van der Waals surface area contributed by atoms with Gasteiger partial charge in [-0.25, -0.2) is 4.39 Å². The van der Waals surface area contributed by atoms with E-state index in [1.165, 1.54) is 6.07 Å². The first kappa shape index (κ1) is 7.59. The van der Waals surface area contributed by atoms with E-state index in [4.69, 9.17) is 4.74 Å². The van der Waals surface area contributed by atoms with Crippen LogP contribution in [0.5, 0.6) is 5.75 Å². The molecule has 64 valence electrons. The predicted octanol–water partition coefficient (Wildman–Crippen LogP) is 2.40. The second kappa shape index (κ2) is 2.77. The molecule has 12 heavy (non-hydrogen) atoms. The molecule has 1 atom stereocenters. The Labute approximate surface area is 71.2 Å². The van der Waals surface area contributed by atoms with Crippen LogP contribution in [0.1, 0.15) is 12.5 Å². The van der Waals surface area contributed by atoms with E-state index >= 15 is 0 Å². The third kappa shape index (κ3) is 1.29. The summed E-state index contributed by atoms with van der Waals surface area (Å²) in [4.78, 5) is 0. The third-order valence-corrected chi connectivity index (χ3v) is 2.11. The van der Waals surface area contributed by atoms with Crippen molar-refractivity contribution in [2.75, 3.05) is 6.61 Å². The Kier molecular flexibility index (Phi) is 1.75. The van der Waals surface area contributed by atoms with Crippen LogP contribution in [0.3, 0.4) is 0 Å². The van der Waals surface area contributed by atoms with Crippen LogP contribution < -0.4 is 4.74 Å². The summed E-state index contributed by atoms with van der Waals surface area (Å²) < 4.78 is 18.2. The van der Waals surface area contributed by atoms with Gasteiger partial charge < -0.3 is 4.74 Å². The first-order valence-electron chi connectivity index (χ1n) is 4.17. The quantitative estimate of drug-likeness (QED) is 0.575. The summed E-state index contributed by atoms with van der Waals surface area (Å²) in [5.74, 6) is 1.17. The van der Waals surface area contributed by atoms with Crippen molar-refractivity contribution in [2.45, 2.75) is 13.3 Å². The van der Waals surface area contributed by atoms with E-state index < -0.39 is 0 Å². The van der Waals surface area contributed by atoms with Crippen molar-refractivity contribution >= 4 is 0 Å². The molecule has 2 rings (SSSR count). The number of halogens is 1. The molecule has 1 aliphatic rings. The van der Waals surface area contributed by atoms with Crippen molar-refractivity contribution in [2.24, 2.45) is 5.92 Å². The van der Waals surface area contributed by atoms with Crippen molar-refractivity contribution in [3.05, 3.63) is 29.6 Å². The lowest BCUT2D eigenvalue weighted by Crippen LogP contribution is -2.17. The largest absolute Gasteiger partial charge is 0.493 e. The zero-order valence-corrected chi connectivity index (χ0v) is 7.01. The maximum atomic E-state index is 12.8. The fourth-order valence-corrected chi connectivity index (χ4v) is 1.51. The second-order valence-corrected chi connectivity index (χ2v) is 3.37. The van der Waals surface area contributed by atoms with Gasteiger partial charge in [-0.15, -0.1) is 0 Å². The van der Waals surface area contributed by atoms with Crippen LogP contribution in [0.2, 0.25) is 0 Å². The summed E-state index contributed by atoms with van der Waals surface area (Å²) >= 11 is 0. The molecule has 1 unspecified atom stereocenters. The molecule has 0 bridgehead atoms. The van der Waals surface area contributed by atoms with Crippen LogP contribution in [0, 0.1) is 11.7 Å². The van der Waals surface area contributed by atoms with E-state index in [-0.39, 0.29) is 5.82 Å². The van der Waals surface area contributed by atoms with Gasteiger partial charge in [-0.2, -0.15) is 0 Å². The molecule has 1 aromatic rings. The topological polar surface area (TPSA) is 9.23 Å². The zero-order valence-electron chi connectivity index (χ0n) is 7.01. The molecule has 1 aromatic carbocycles. The minimum atomic E-state index is -0.175. The van der Waals surface area contributed by atoms with E-state index in [1.54, 1.807) is 12.1 Å². The molecule has 0 spiro atoms. The minimum Gasteiger partial charge on any atom is -0.493 e. The van der Waals surface area contributed by atoms with Crippen LogP contribution >= 0.6 is 0 Å². The van der Waals surface area contributed by atoms with Crippen LogP contribution in [-0.2, 0) is 6.42 Å². The number of fused-ring (bicyclic) bond motifs is 1. The van der Waals surface area contributed by atoms with Gasteiger partial charge in [0.2, 0.25) is 0 Å². The number of rotatable bonds is 0. The highest BCUT2D eigenvalue weighted by Gasteiger charge is 2.15. The third-order valence-electron chi connectivity index (χ3n) is 2.11. The summed E-state index contributed by atoms with van der Waals surface area (Å²) in [5.41, 5.74) is 0.994.